The maximum absolute atomic E-state index is 12.7. The molecular weight excluding hydrogens is 316 g/mol. The van der Waals surface area contributed by atoms with Crippen molar-refractivity contribution >= 4 is 11.3 Å². The summed E-state index contributed by atoms with van der Waals surface area (Å²) in [5.74, 6) is 0. The highest BCUT2D eigenvalue weighted by molar-refractivity contribution is 7.08. The Morgan fingerprint density at radius 2 is 1.38 bits per heavy atom. The Hall–Kier alpha value is -1.54. The van der Waals surface area contributed by atoms with Crippen LogP contribution < -0.4 is 5.73 Å². The molecule has 0 radical (unpaired) electrons. The van der Waals surface area contributed by atoms with Crippen molar-refractivity contribution in [2.45, 2.75) is 18.4 Å². The van der Waals surface area contributed by atoms with Crippen LogP contribution in [0.5, 0.6) is 0 Å². The first-order valence-electron chi connectivity index (χ1n) is 5.66. The fourth-order valence-corrected chi connectivity index (χ4v) is 2.50. The van der Waals surface area contributed by atoms with Crippen LogP contribution >= 0.6 is 11.3 Å². The van der Waals surface area contributed by atoms with Crippen LogP contribution in [-0.4, -0.2) is 0 Å². The molecule has 0 aliphatic heterocycles. The molecule has 0 unspecified atom stereocenters. The maximum Gasteiger partial charge on any atom is 0.416 e. The Labute approximate surface area is 120 Å². The minimum atomic E-state index is -4.87. The van der Waals surface area contributed by atoms with Crippen LogP contribution in [0.1, 0.15) is 28.3 Å². The molecule has 1 aromatic heterocycles. The number of halogens is 6. The molecule has 2 rings (SSSR count). The van der Waals surface area contributed by atoms with Gasteiger partial charge in [-0.05, 0) is 46.2 Å². The van der Waals surface area contributed by atoms with Crippen molar-refractivity contribution in [1.29, 1.82) is 0 Å². The van der Waals surface area contributed by atoms with E-state index in [2.05, 4.69) is 0 Å². The SMILES string of the molecule is N[C@@H](c1ccsc1)c1cc(C(F)(F)F)cc(C(F)(F)F)c1. The number of benzene rings is 1. The molecule has 114 valence electrons. The smallest absolute Gasteiger partial charge is 0.320 e. The van der Waals surface area contributed by atoms with Gasteiger partial charge in [-0.25, -0.2) is 0 Å². The predicted octanol–water partition coefficient (Wildman–Crippen LogP) is 4.83. The lowest BCUT2D eigenvalue weighted by Gasteiger charge is -2.17. The molecule has 21 heavy (non-hydrogen) atoms. The van der Waals surface area contributed by atoms with Gasteiger partial charge in [-0.2, -0.15) is 37.7 Å². The standard InChI is InChI=1S/C13H9F6NS/c14-12(15,16)9-3-8(4-10(5-9)13(17,18)19)11(20)7-1-2-21-6-7/h1-6,11H,20H2/t11-/m0/s1. The molecule has 1 heterocycles. The number of alkyl halides is 6. The summed E-state index contributed by atoms with van der Waals surface area (Å²) in [6.45, 7) is 0. The van der Waals surface area contributed by atoms with E-state index in [1.807, 2.05) is 0 Å². The highest BCUT2D eigenvalue weighted by atomic mass is 32.1. The average Bonchev–Trinajstić information content (AvgIpc) is 2.89. The van der Waals surface area contributed by atoms with E-state index in [0.717, 1.165) is 0 Å². The minimum absolute atomic E-state index is 0.0871. The largest absolute Gasteiger partial charge is 0.416 e. The second-order valence-electron chi connectivity index (χ2n) is 4.37. The molecule has 1 nitrogen and oxygen atoms in total. The first-order chi connectivity index (χ1) is 9.59. The molecule has 2 N–H and O–H groups in total. The summed E-state index contributed by atoms with van der Waals surface area (Å²) in [6.07, 6.45) is -9.74. The van der Waals surface area contributed by atoms with Crippen LogP contribution in [0.4, 0.5) is 26.3 Å². The summed E-state index contributed by atoms with van der Waals surface area (Å²) in [5.41, 5.74) is 3.27. The van der Waals surface area contributed by atoms with Gasteiger partial charge in [-0.1, -0.05) is 0 Å². The Kier molecular flexibility index (Phi) is 4.03. The third-order valence-corrected chi connectivity index (χ3v) is 3.57. The van der Waals surface area contributed by atoms with Crippen LogP contribution in [0.25, 0.3) is 0 Å². The average molecular weight is 325 g/mol. The highest BCUT2D eigenvalue weighted by Gasteiger charge is 2.37. The van der Waals surface area contributed by atoms with Crippen molar-refractivity contribution in [3.05, 3.63) is 57.3 Å². The molecule has 0 spiro atoms. The highest BCUT2D eigenvalue weighted by Crippen LogP contribution is 2.38. The molecule has 1 aromatic carbocycles. The molecule has 0 amide bonds. The summed E-state index contributed by atoms with van der Waals surface area (Å²) in [5, 5.41) is 3.23. The third-order valence-electron chi connectivity index (χ3n) is 2.87. The molecule has 0 aliphatic carbocycles. The van der Waals surface area contributed by atoms with Crippen molar-refractivity contribution < 1.29 is 26.3 Å². The van der Waals surface area contributed by atoms with Crippen LogP contribution in [0.15, 0.2) is 35.0 Å². The Morgan fingerprint density at radius 1 is 0.857 bits per heavy atom. The van der Waals surface area contributed by atoms with E-state index in [0.29, 0.717) is 17.7 Å². The second kappa shape index (κ2) is 5.34. The Morgan fingerprint density at radius 3 is 1.76 bits per heavy atom. The number of hydrogen-bond acceptors (Lipinski definition) is 2. The first-order valence-corrected chi connectivity index (χ1v) is 6.60. The van der Waals surface area contributed by atoms with E-state index in [1.54, 1.807) is 16.8 Å². The minimum Gasteiger partial charge on any atom is -0.320 e. The van der Waals surface area contributed by atoms with Gasteiger partial charge in [0.15, 0.2) is 0 Å². The monoisotopic (exact) mass is 325 g/mol. The van der Waals surface area contributed by atoms with Crippen molar-refractivity contribution in [3.8, 4) is 0 Å². The van der Waals surface area contributed by atoms with Gasteiger partial charge in [0.05, 0.1) is 17.2 Å². The zero-order chi connectivity index (χ0) is 15.8. The van der Waals surface area contributed by atoms with E-state index < -0.39 is 29.5 Å². The van der Waals surface area contributed by atoms with Crippen molar-refractivity contribution in [2.24, 2.45) is 5.73 Å². The number of thiophene rings is 1. The summed E-state index contributed by atoms with van der Waals surface area (Å²) in [4.78, 5) is 0. The Bertz CT molecular complexity index is 582. The van der Waals surface area contributed by atoms with Gasteiger partial charge in [0.1, 0.15) is 0 Å². The van der Waals surface area contributed by atoms with E-state index in [1.165, 1.54) is 11.3 Å². The molecule has 0 fully saturated rings. The maximum atomic E-state index is 12.7. The zero-order valence-electron chi connectivity index (χ0n) is 10.3. The second-order valence-corrected chi connectivity index (χ2v) is 5.15. The predicted molar refractivity (Wildman–Crippen MR) is 66.8 cm³/mol. The number of nitrogens with two attached hydrogens (primary N) is 1. The molecule has 2 aromatic rings. The van der Waals surface area contributed by atoms with Crippen LogP contribution in [-0.2, 0) is 12.4 Å². The fourth-order valence-electron chi connectivity index (χ4n) is 1.80. The van der Waals surface area contributed by atoms with Gasteiger partial charge in [0, 0.05) is 0 Å². The van der Waals surface area contributed by atoms with E-state index in [9.17, 15) is 26.3 Å². The molecule has 0 bridgehead atoms. The normalized spacial score (nSPS) is 14.2. The van der Waals surface area contributed by atoms with Crippen molar-refractivity contribution in [3.63, 3.8) is 0 Å². The number of rotatable bonds is 2. The molecular formula is C13H9F6NS. The fraction of sp³-hybridized carbons (Fsp3) is 0.231. The van der Waals surface area contributed by atoms with E-state index in [-0.39, 0.29) is 11.6 Å². The van der Waals surface area contributed by atoms with Crippen LogP contribution in [0, 0.1) is 0 Å². The first kappa shape index (κ1) is 15.8. The van der Waals surface area contributed by atoms with Crippen molar-refractivity contribution in [1.82, 2.24) is 0 Å². The molecule has 8 heteroatoms. The van der Waals surface area contributed by atoms with Gasteiger partial charge >= 0.3 is 12.4 Å². The molecule has 0 aliphatic rings. The molecule has 0 saturated heterocycles. The zero-order valence-corrected chi connectivity index (χ0v) is 11.1. The van der Waals surface area contributed by atoms with E-state index in [4.69, 9.17) is 5.73 Å². The summed E-state index contributed by atoms with van der Waals surface area (Å²) in [6, 6.07) is 1.90. The summed E-state index contributed by atoms with van der Waals surface area (Å²) in [7, 11) is 0. The summed E-state index contributed by atoms with van der Waals surface area (Å²) >= 11 is 1.26. The summed E-state index contributed by atoms with van der Waals surface area (Å²) < 4.78 is 76.4. The molecule has 1 atom stereocenters. The number of hydrogen-bond donors (Lipinski definition) is 1. The molecule has 0 saturated carbocycles. The Balaban J connectivity index is 2.55. The topological polar surface area (TPSA) is 26.0 Å². The van der Waals surface area contributed by atoms with Crippen LogP contribution in [0.2, 0.25) is 0 Å². The third kappa shape index (κ3) is 3.56. The lowest BCUT2D eigenvalue weighted by molar-refractivity contribution is -0.143. The van der Waals surface area contributed by atoms with E-state index >= 15 is 0 Å². The van der Waals surface area contributed by atoms with Gasteiger partial charge in [-0.15, -0.1) is 0 Å². The lowest BCUT2D eigenvalue weighted by atomic mass is 9.97. The quantitative estimate of drug-likeness (QED) is 0.786. The van der Waals surface area contributed by atoms with Gasteiger partial charge < -0.3 is 5.73 Å². The van der Waals surface area contributed by atoms with Crippen molar-refractivity contribution in [2.75, 3.05) is 0 Å². The van der Waals surface area contributed by atoms with Gasteiger partial charge in [0.25, 0.3) is 0 Å². The lowest BCUT2D eigenvalue weighted by Crippen LogP contribution is -2.16. The van der Waals surface area contributed by atoms with Gasteiger partial charge in [-0.3, -0.25) is 0 Å². The van der Waals surface area contributed by atoms with Gasteiger partial charge in [0.2, 0.25) is 0 Å². The van der Waals surface area contributed by atoms with Crippen LogP contribution in [0.3, 0.4) is 0 Å².